The molecule has 0 bridgehead atoms. The van der Waals surface area contributed by atoms with E-state index in [4.69, 9.17) is 11.6 Å². The van der Waals surface area contributed by atoms with E-state index >= 15 is 0 Å². The number of aromatic nitrogens is 2. The van der Waals surface area contributed by atoms with Crippen LogP contribution in [0.5, 0.6) is 0 Å². The van der Waals surface area contributed by atoms with Gasteiger partial charge in [0.15, 0.2) is 0 Å². The molecule has 0 fully saturated rings. The van der Waals surface area contributed by atoms with Gasteiger partial charge in [0.05, 0.1) is 12.1 Å². The van der Waals surface area contributed by atoms with Gasteiger partial charge in [-0.2, -0.15) is 0 Å². The van der Waals surface area contributed by atoms with Gasteiger partial charge in [0.25, 0.3) is 5.56 Å². The summed E-state index contributed by atoms with van der Waals surface area (Å²) < 4.78 is 1.18. The molecule has 0 amide bonds. The predicted molar refractivity (Wildman–Crippen MR) is 69.1 cm³/mol. The minimum Gasteiger partial charge on any atom is -0.297 e. The van der Waals surface area contributed by atoms with Gasteiger partial charge in [-0.05, 0) is 17.9 Å². The van der Waals surface area contributed by atoms with Crippen LogP contribution in [-0.2, 0) is 13.0 Å². The Kier molecular flexibility index (Phi) is 3.49. The van der Waals surface area contributed by atoms with E-state index in [1.807, 2.05) is 24.4 Å². The third-order valence-electron chi connectivity index (χ3n) is 2.48. The zero-order valence-electron chi connectivity index (χ0n) is 9.20. The lowest BCUT2D eigenvalue weighted by molar-refractivity contribution is 0.693. The zero-order chi connectivity index (χ0) is 12.4. The maximum absolute atomic E-state index is 12.0. The predicted octanol–water partition coefficient (Wildman–Crippen LogP) is 1.86. The van der Waals surface area contributed by atoms with E-state index in [0.717, 1.165) is 4.88 Å². The lowest BCUT2D eigenvalue weighted by Crippen LogP contribution is -2.37. The number of thiophene rings is 1. The third kappa shape index (κ3) is 2.35. The molecule has 0 aliphatic carbocycles. The number of nitrogens with zero attached hydrogens (tertiary/aromatic N) is 1. The Morgan fingerprint density at radius 1 is 1.47 bits per heavy atom. The van der Waals surface area contributed by atoms with Gasteiger partial charge in [0.1, 0.15) is 5.15 Å². The Balaban J connectivity index is 2.54. The average Bonchev–Trinajstić information content (AvgIpc) is 2.77. The van der Waals surface area contributed by atoms with E-state index in [2.05, 4.69) is 4.98 Å². The van der Waals surface area contributed by atoms with Crippen molar-refractivity contribution in [1.82, 2.24) is 9.55 Å². The summed E-state index contributed by atoms with van der Waals surface area (Å²) in [6.45, 7) is 2.12. The Morgan fingerprint density at radius 3 is 2.82 bits per heavy atom. The number of H-pyrrole nitrogens is 1. The maximum atomic E-state index is 12.0. The van der Waals surface area contributed by atoms with Crippen LogP contribution >= 0.6 is 22.9 Å². The van der Waals surface area contributed by atoms with Crippen molar-refractivity contribution in [2.75, 3.05) is 0 Å². The van der Waals surface area contributed by atoms with Crippen molar-refractivity contribution in [3.05, 3.63) is 53.9 Å². The Hall–Kier alpha value is -1.33. The van der Waals surface area contributed by atoms with E-state index in [9.17, 15) is 9.59 Å². The van der Waals surface area contributed by atoms with Gasteiger partial charge in [-0.3, -0.25) is 14.3 Å². The highest BCUT2D eigenvalue weighted by Gasteiger charge is 2.11. The Labute approximate surface area is 106 Å². The van der Waals surface area contributed by atoms with Crippen LogP contribution in [0.1, 0.15) is 17.4 Å². The van der Waals surface area contributed by atoms with E-state index in [-0.39, 0.29) is 17.3 Å². The van der Waals surface area contributed by atoms with Crippen LogP contribution in [0.25, 0.3) is 0 Å². The second-order valence-corrected chi connectivity index (χ2v) is 4.96. The largest absolute Gasteiger partial charge is 0.329 e. The standard InChI is InChI=1S/C11H11ClN2O2S/c1-2-8-9(12)13-11(16)14(10(8)15)6-7-4-3-5-17-7/h3-5H,2,6H2,1H3,(H,13,16). The maximum Gasteiger partial charge on any atom is 0.329 e. The molecule has 0 saturated heterocycles. The highest BCUT2D eigenvalue weighted by atomic mass is 35.5. The molecule has 2 aromatic rings. The number of nitrogens with one attached hydrogen (secondary N) is 1. The van der Waals surface area contributed by atoms with Crippen molar-refractivity contribution in [3.63, 3.8) is 0 Å². The van der Waals surface area contributed by atoms with E-state index in [1.54, 1.807) is 0 Å². The van der Waals surface area contributed by atoms with E-state index in [1.165, 1.54) is 15.9 Å². The lowest BCUT2D eigenvalue weighted by Gasteiger charge is -2.06. The van der Waals surface area contributed by atoms with Crippen LogP contribution < -0.4 is 11.2 Å². The summed E-state index contributed by atoms with van der Waals surface area (Å²) in [5.41, 5.74) is -0.330. The molecular weight excluding hydrogens is 260 g/mol. The monoisotopic (exact) mass is 270 g/mol. The summed E-state index contributed by atoms with van der Waals surface area (Å²) in [6.07, 6.45) is 0.499. The lowest BCUT2D eigenvalue weighted by atomic mass is 10.2. The first-order chi connectivity index (χ1) is 8.13. The van der Waals surface area contributed by atoms with Crippen molar-refractivity contribution in [2.24, 2.45) is 0 Å². The van der Waals surface area contributed by atoms with Crippen molar-refractivity contribution in [1.29, 1.82) is 0 Å². The van der Waals surface area contributed by atoms with Gasteiger partial charge >= 0.3 is 5.69 Å². The highest BCUT2D eigenvalue weighted by molar-refractivity contribution is 7.09. The van der Waals surface area contributed by atoms with Gasteiger partial charge in [0.2, 0.25) is 0 Å². The quantitative estimate of drug-likeness (QED) is 0.866. The fraction of sp³-hybridized carbons (Fsp3) is 0.273. The number of hydrogen-bond acceptors (Lipinski definition) is 3. The zero-order valence-corrected chi connectivity index (χ0v) is 10.8. The summed E-state index contributed by atoms with van der Waals surface area (Å²) >= 11 is 7.33. The number of halogens is 1. The van der Waals surface area contributed by atoms with Gasteiger partial charge in [-0.25, -0.2) is 4.79 Å². The van der Waals surface area contributed by atoms with Crippen molar-refractivity contribution in [3.8, 4) is 0 Å². The fourth-order valence-electron chi connectivity index (χ4n) is 1.59. The molecule has 2 heterocycles. The number of aromatic amines is 1. The van der Waals surface area contributed by atoms with Gasteiger partial charge in [-0.1, -0.05) is 24.6 Å². The molecule has 0 radical (unpaired) electrons. The van der Waals surface area contributed by atoms with Crippen LogP contribution in [0.4, 0.5) is 0 Å². The molecule has 17 heavy (non-hydrogen) atoms. The molecule has 0 unspecified atom stereocenters. The molecule has 90 valence electrons. The molecular formula is C11H11ClN2O2S. The van der Waals surface area contributed by atoms with Crippen LogP contribution in [-0.4, -0.2) is 9.55 Å². The smallest absolute Gasteiger partial charge is 0.297 e. The first-order valence-electron chi connectivity index (χ1n) is 5.17. The second kappa shape index (κ2) is 4.89. The Morgan fingerprint density at radius 2 is 2.24 bits per heavy atom. The second-order valence-electron chi connectivity index (χ2n) is 3.55. The molecule has 0 aromatic carbocycles. The molecule has 0 atom stereocenters. The van der Waals surface area contributed by atoms with Crippen molar-refractivity contribution >= 4 is 22.9 Å². The van der Waals surface area contributed by atoms with Crippen molar-refractivity contribution < 1.29 is 0 Å². The highest BCUT2D eigenvalue weighted by Crippen LogP contribution is 2.10. The Bertz CT molecular complexity index is 628. The molecule has 0 aliphatic rings. The summed E-state index contributed by atoms with van der Waals surface area (Å²) in [5, 5.41) is 2.05. The fourth-order valence-corrected chi connectivity index (χ4v) is 2.58. The van der Waals surface area contributed by atoms with Crippen LogP contribution in [0.3, 0.4) is 0 Å². The van der Waals surface area contributed by atoms with E-state index in [0.29, 0.717) is 12.0 Å². The normalized spacial score (nSPS) is 10.7. The minimum absolute atomic E-state index is 0.143. The first kappa shape index (κ1) is 12.1. The number of rotatable bonds is 3. The van der Waals surface area contributed by atoms with Crippen LogP contribution in [0.2, 0.25) is 5.15 Å². The van der Waals surface area contributed by atoms with Crippen LogP contribution in [0.15, 0.2) is 27.1 Å². The average molecular weight is 271 g/mol. The van der Waals surface area contributed by atoms with Crippen LogP contribution in [0, 0.1) is 0 Å². The minimum atomic E-state index is -0.467. The van der Waals surface area contributed by atoms with Gasteiger partial charge < -0.3 is 0 Å². The molecule has 0 spiro atoms. The molecule has 1 N–H and O–H groups in total. The molecule has 2 aromatic heterocycles. The molecule has 6 heteroatoms. The summed E-state index contributed by atoms with van der Waals surface area (Å²) in [4.78, 5) is 27.2. The van der Waals surface area contributed by atoms with Gasteiger partial charge in [0, 0.05) is 4.88 Å². The molecule has 2 rings (SSSR count). The SMILES string of the molecule is CCc1c(Cl)[nH]c(=O)n(Cc2cccs2)c1=O. The summed E-state index contributed by atoms with van der Waals surface area (Å²) in [5.74, 6) is 0. The third-order valence-corrected chi connectivity index (χ3v) is 3.66. The van der Waals surface area contributed by atoms with Crippen molar-refractivity contribution in [2.45, 2.75) is 19.9 Å². The molecule has 0 aliphatic heterocycles. The van der Waals surface area contributed by atoms with E-state index < -0.39 is 5.69 Å². The number of hydrogen-bond donors (Lipinski definition) is 1. The van der Waals surface area contributed by atoms with Gasteiger partial charge in [-0.15, -0.1) is 11.3 Å². The topological polar surface area (TPSA) is 54.9 Å². The summed E-state index contributed by atoms with van der Waals surface area (Å²) in [7, 11) is 0. The molecule has 4 nitrogen and oxygen atoms in total. The first-order valence-corrected chi connectivity index (χ1v) is 6.43. The summed E-state index contributed by atoms with van der Waals surface area (Å²) in [6, 6.07) is 3.77. The molecule has 0 saturated carbocycles.